The number of para-hydroxylation sites is 1. The lowest BCUT2D eigenvalue weighted by Crippen LogP contribution is -2.47. The summed E-state index contributed by atoms with van der Waals surface area (Å²) in [5.41, 5.74) is 0.928. The number of anilines is 1. The van der Waals surface area contributed by atoms with Crippen molar-refractivity contribution in [1.82, 2.24) is 9.80 Å². The Morgan fingerprint density at radius 1 is 0.879 bits per heavy atom. The Bertz CT molecular complexity index is 1080. The predicted octanol–water partition coefficient (Wildman–Crippen LogP) is 3.60. The minimum atomic E-state index is -3.73. The Labute approximate surface area is 195 Å². The van der Waals surface area contributed by atoms with Gasteiger partial charge in [0.25, 0.3) is 15.9 Å². The fraction of sp³-hybridized carbons (Fsp3) is 0.440. The molecule has 7 nitrogen and oxygen atoms in total. The molecule has 0 saturated carbocycles. The smallest absolute Gasteiger partial charge is 0.261 e. The van der Waals surface area contributed by atoms with E-state index in [1.807, 2.05) is 11.0 Å². The van der Waals surface area contributed by atoms with Gasteiger partial charge in [0.05, 0.1) is 4.90 Å². The zero-order valence-electron chi connectivity index (χ0n) is 18.9. The van der Waals surface area contributed by atoms with Crippen LogP contribution in [0, 0.1) is 11.8 Å². The highest BCUT2D eigenvalue weighted by atomic mass is 32.2. The van der Waals surface area contributed by atoms with E-state index in [-0.39, 0.29) is 22.6 Å². The summed E-state index contributed by atoms with van der Waals surface area (Å²) in [5.74, 6) is 0.636. The van der Waals surface area contributed by atoms with Gasteiger partial charge in [0, 0.05) is 43.3 Å². The van der Waals surface area contributed by atoms with Crippen LogP contribution in [0.2, 0.25) is 0 Å². The summed E-state index contributed by atoms with van der Waals surface area (Å²) in [6, 6.07) is 14.7. The molecule has 8 heteroatoms. The first-order valence-corrected chi connectivity index (χ1v) is 13.1. The third-order valence-corrected chi connectivity index (χ3v) is 7.93. The summed E-state index contributed by atoms with van der Waals surface area (Å²) < 4.78 is 27.7. The van der Waals surface area contributed by atoms with Crippen LogP contribution in [0.4, 0.5) is 5.69 Å². The van der Waals surface area contributed by atoms with Gasteiger partial charge < -0.3 is 9.80 Å². The monoisotopic (exact) mass is 469 g/mol. The summed E-state index contributed by atoms with van der Waals surface area (Å²) in [6.45, 7) is 4.94. The lowest BCUT2D eigenvalue weighted by atomic mass is 9.92. The van der Waals surface area contributed by atoms with Crippen LogP contribution in [0.5, 0.6) is 0 Å². The van der Waals surface area contributed by atoms with Gasteiger partial charge in [-0.3, -0.25) is 14.3 Å². The Morgan fingerprint density at radius 2 is 1.55 bits per heavy atom. The van der Waals surface area contributed by atoms with Gasteiger partial charge in [-0.2, -0.15) is 0 Å². The van der Waals surface area contributed by atoms with Crippen LogP contribution in [0.25, 0.3) is 0 Å². The highest BCUT2D eigenvalue weighted by Gasteiger charge is 2.32. The number of likely N-dealkylation sites (tertiary alicyclic amines) is 2. The van der Waals surface area contributed by atoms with Crippen LogP contribution in [0.1, 0.15) is 43.0 Å². The Balaban J connectivity index is 1.34. The second kappa shape index (κ2) is 9.95. The van der Waals surface area contributed by atoms with E-state index in [4.69, 9.17) is 0 Å². The summed E-state index contributed by atoms with van der Waals surface area (Å²) >= 11 is 0. The molecule has 2 aromatic rings. The summed E-state index contributed by atoms with van der Waals surface area (Å²) in [7, 11) is -3.73. The Morgan fingerprint density at radius 3 is 2.18 bits per heavy atom. The molecule has 0 spiro atoms. The topological polar surface area (TPSA) is 86.8 Å². The molecule has 1 N–H and O–H groups in total. The molecule has 33 heavy (non-hydrogen) atoms. The highest BCUT2D eigenvalue weighted by molar-refractivity contribution is 7.92. The highest BCUT2D eigenvalue weighted by Crippen LogP contribution is 2.25. The van der Waals surface area contributed by atoms with Crippen molar-refractivity contribution in [2.45, 2.75) is 37.5 Å². The molecule has 2 aliphatic heterocycles. The molecule has 2 amide bonds. The third kappa shape index (κ3) is 5.55. The van der Waals surface area contributed by atoms with Crippen LogP contribution < -0.4 is 4.72 Å². The molecule has 0 bridgehead atoms. The van der Waals surface area contributed by atoms with E-state index >= 15 is 0 Å². The number of sulfonamides is 1. The molecule has 2 saturated heterocycles. The number of carbonyl (C=O) groups is 2. The van der Waals surface area contributed by atoms with Crippen LogP contribution >= 0.6 is 0 Å². The van der Waals surface area contributed by atoms with Crippen molar-refractivity contribution in [3.05, 3.63) is 60.2 Å². The van der Waals surface area contributed by atoms with Crippen LogP contribution in [0.15, 0.2) is 59.5 Å². The van der Waals surface area contributed by atoms with Crippen molar-refractivity contribution in [2.75, 3.05) is 30.9 Å². The number of rotatable bonds is 5. The number of nitrogens with zero attached hydrogens (tertiary/aromatic N) is 2. The largest absolute Gasteiger partial charge is 0.342 e. The van der Waals surface area contributed by atoms with Gasteiger partial charge in [0.15, 0.2) is 0 Å². The van der Waals surface area contributed by atoms with Crippen molar-refractivity contribution in [1.29, 1.82) is 0 Å². The molecule has 176 valence electrons. The molecular weight excluding hydrogens is 438 g/mol. The molecule has 2 heterocycles. The molecule has 1 atom stereocenters. The first-order chi connectivity index (χ1) is 15.8. The second-order valence-corrected chi connectivity index (χ2v) is 10.8. The van der Waals surface area contributed by atoms with E-state index in [1.54, 1.807) is 41.3 Å². The van der Waals surface area contributed by atoms with E-state index in [1.165, 1.54) is 18.6 Å². The average molecular weight is 470 g/mol. The maximum absolute atomic E-state index is 12.9. The van der Waals surface area contributed by atoms with Crippen molar-refractivity contribution >= 4 is 27.5 Å². The Hall–Kier alpha value is -2.87. The summed E-state index contributed by atoms with van der Waals surface area (Å²) in [5, 5.41) is 0. The minimum absolute atomic E-state index is 0.0177. The van der Waals surface area contributed by atoms with Gasteiger partial charge in [0.1, 0.15) is 0 Å². The van der Waals surface area contributed by atoms with E-state index in [2.05, 4.69) is 11.6 Å². The first-order valence-electron chi connectivity index (χ1n) is 11.6. The molecule has 0 unspecified atom stereocenters. The standard InChI is InChI=1S/C25H31N3O4S/c1-19-6-5-15-28(18-19)25(30)21-13-16-27(17-14-21)24(29)20-9-11-23(12-10-20)33(31,32)26-22-7-3-2-4-8-22/h2-4,7-12,19,21,26H,5-6,13-18H2,1H3/t19-/m1/s1. The fourth-order valence-corrected chi connectivity index (χ4v) is 5.72. The van der Waals surface area contributed by atoms with E-state index < -0.39 is 10.0 Å². The zero-order chi connectivity index (χ0) is 23.4. The maximum atomic E-state index is 12.9. The third-order valence-electron chi connectivity index (χ3n) is 6.54. The fourth-order valence-electron chi connectivity index (χ4n) is 4.66. The number of benzene rings is 2. The lowest BCUT2D eigenvalue weighted by Gasteiger charge is -2.37. The van der Waals surface area contributed by atoms with Crippen molar-refractivity contribution in [3.8, 4) is 0 Å². The van der Waals surface area contributed by atoms with Gasteiger partial charge in [-0.1, -0.05) is 25.1 Å². The molecule has 0 aliphatic carbocycles. The second-order valence-electron chi connectivity index (χ2n) is 9.09. The number of amides is 2. The number of nitrogens with one attached hydrogen (secondary N) is 1. The summed E-state index contributed by atoms with van der Waals surface area (Å²) in [4.78, 5) is 29.7. The summed E-state index contributed by atoms with van der Waals surface area (Å²) in [6.07, 6.45) is 3.59. The number of hydrogen-bond acceptors (Lipinski definition) is 4. The Kier molecular flexibility index (Phi) is 7.02. The maximum Gasteiger partial charge on any atom is 0.261 e. The predicted molar refractivity (Wildman–Crippen MR) is 127 cm³/mol. The molecule has 2 fully saturated rings. The number of piperidine rings is 2. The van der Waals surface area contributed by atoms with Gasteiger partial charge in [-0.25, -0.2) is 8.42 Å². The molecule has 0 aromatic heterocycles. The van der Waals surface area contributed by atoms with Crippen molar-refractivity contribution < 1.29 is 18.0 Å². The molecule has 0 radical (unpaired) electrons. The van der Waals surface area contributed by atoms with Crippen molar-refractivity contribution in [2.24, 2.45) is 11.8 Å². The lowest BCUT2D eigenvalue weighted by molar-refractivity contribution is -0.138. The van der Waals surface area contributed by atoms with Gasteiger partial charge in [-0.05, 0) is 68.0 Å². The SMILES string of the molecule is C[C@@H]1CCCN(C(=O)C2CCN(C(=O)c3ccc(S(=O)(=O)Nc4ccccc4)cc3)CC2)C1. The van der Waals surface area contributed by atoms with Crippen LogP contribution in [0.3, 0.4) is 0 Å². The van der Waals surface area contributed by atoms with E-state index in [9.17, 15) is 18.0 Å². The normalized spacial score (nSPS) is 19.8. The van der Waals surface area contributed by atoms with Crippen LogP contribution in [-0.2, 0) is 14.8 Å². The first kappa shape index (κ1) is 23.3. The van der Waals surface area contributed by atoms with Gasteiger partial charge in [0.2, 0.25) is 5.91 Å². The van der Waals surface area contributed by atoms with E-state index in [0.29, 0.717) is 43.1 Å². The molecular formula is C25H31N3O4S. The van der Waals surface area contributed by atoms with Gasteiger partial charge in [-0.15, -0.1) is 0 Å². The minimum Gasteiger partial charge on any atom is -0.342 e. The number of carbonyl (C=O) groups excluding carboxylic acids is 2. The van der Waals surface area contributed by atoms with E-state index in [0.717, 1.165) is 19.5 Å². The molecule has 2 aromatic carbocycles. The molecule has 2 aliphatic rings. The average Bonchev–Trinajstić information content (AvgIpc) is 2.84. The van der Waals surface area contributed by atoms with Gasteiger partial charge >= 0.3 is 0 Å². The zero-order valence-corrected chi connectivity index (χ0v) is 19.8. The quantitative estimate of drug-likeness (QED) is 0.725. The molecule has 4 rings (SSSR count). The number of hydrogen-bond donors (Lipinski definition) is 1. The van der Waals surface area contributed by atoms with Crippen molar-refractivity contribution in [3.63, 3.8) is 0 Å². The van der Waals surface area contributed by atoms with Crippen LogP contribution in [-0.4, -0.2) is 56.2 Å².